The Hall–Kier alpha value is -1.75. The molecule has 2 saturated heterocycles. The maximum absolute atomic E-state index is 12.1. The Bertz CT molecular complexity index is 494. The van der Waals surface area contributed by atoms with E-state index >= 15 is 0 Å². The van der Waals surface area contributed by atoms with E-state index < -0.39 is 0 Å². The summed E-state index contributed by atoms with van der Waals surface area (Å²) in [4.78, 5) is 16.3. The summed E-state index contributed by atoms with van der Waals surface area (Å²) >= 11 is 0. The van der Waals surface area contributed by atoms with Gasteiger partial charge in [0.15, 0.2) is 0 Å². The van der Waals surface area contributed by atoms with Gasteiger partial charge in [-0.25, -0.2) is 4.79 Å². The lowest BCUT2D eigenvalue weighted by Crippen LogP contribution is -2.59. The normalized spacial score (nSPS) is 20.1. The molecule has 5 heteroatoms. The number of hydrogen-bond donors (Lipinski definition) is 1. The molecule has 0 unspecified atom stereocenters. The Morgan fingerprint density at radius 3 is 2.61 bits per heavy atom. The zero-order valence-corrected chi connectivity index (χ0v) is 13.9. The molecule has 2 aliphatic rings. The van der Waals surface area contributed by atoms with Crippen LogP contribution >= 0.6 is 0 Å². The summed E-state index contributed by atoms with van der Waals surface area (Å²) in [6.07, 6.45) is 3.72. The molecule has 0 aliphatic carbocycles. The van der Waals surface area contributed by atoms with Crippen molar-refractivity contribution in [1.82, 2.24) is 15.1 Å². The highest BCUT2D eigenvalue weighted by molar-refractivity contribution is 5.75. The molecule has 0 radical (unpaired) electrons. The number of benzene rings is 1. The lowest BCUT2D eigenvalue weighted by Gasteiger charge is -2.39. The molecule has 5 nitrogen and oxygen atoms in total. The number of carbonyl (C=O) groups is 1. The molecular weight excluding hydrogens is 290 g/mol. The summed E-state index contributed by atoms with van der Waals surface area (Å²) in [6.45, 7) is 4.50. The molecule has 2 amide bonds. The van der Waals surface area contributed by atoms with Crippen LogP contribution in [0.1, 0.15) is 19.3 Å². The van der Waals surface area contributed by atoms with E-state index in [1.165, 1.54) is 25.9 Å². The number of rotatable bonds is 5. The van der Waals surface area contributed by atoms with Crippen molar-refractivity contribution >= 4 is 6.03 Å². The first kappa shape index (κ1) is 16.1. The van der Waals surface area contributed by atoms with Gasteiger partial charge in [-0.3, -0.25) is 0 Å². The van der Waals surface area contributed by atoms with Crippen LogP contribution in [0.3, 0.4) is 0 Å². The highest BCUT2D eigenvalue weighted by Crippen LogP contribution is 2.19. The van der Waals surface area contributed by atoms with E-state index in [2.05, 4.69) is 17.3 Å². The van der Waals surface area contributed by atoms with E-state index in [-0.39, 0.29) is 12.1 Å². The third kappa shape index (κ3) is 4.61. The van der Waals surface area contributed by atoms with Gasteiger partial charge in [-0.2, -0.15) is 0 Å². The minimum Gasteiger partial charge on any atom is -0.487 e. The summed E-state index contributed by atoms with van der Waals surface area (Å²) < 4.78 is 5.81. The maximum Gasteiger partial charge on any atom is 0.317 e. The molecule has 2 aliphatic heterocycles. The molecular formula is C18H27N3O2. The van der Waals surface area contributed by atoms with Gasteiger partial charge in [0.05, 0.1) is 13.1 Å². The van der Waals surface area contributed by atoms with Crippen molar-refractivity contribution in [3.63, 3.8) is 0 Å². The Morgan fingerprint density at radius 2 is 1.91 bits per heavy atom. The summed E-state index contributed by atoms with van der Waals surface area (Å²) in [5.74, 6) is 1.64. The van der Waals surface area contributed by atoms with Crippen molar-refractivity contribution < 1.29 is 9.53 Å². The Balaban J connectivity index is 1.29. The van der Waals surface area contributed by atoms with Gasteiger partial charge in [-0.15, -0.1) is 0 Å². The summed E-state index contributed by atoms with van der Waals surface area (Å²) in [7, 11) is 2.18. The van der Waals surface area contributed by atoms with Crippen LogP contribution in [0.4, 0.5) is 4.79 Å². The first-order valence-corrected chi connectivity index (χ1v) is 8.64. The van der Waals surface area contributed by atoms with E-state index in [1.54, 1.807) is 0 Å². The second-order valence-electron chi connectivity index (χ2n) is 6.73. The van der Waals surface area contributed by atoms with Gasteiger partial charge >= 0.3 is 6.03 Å². The van der Waals surface area contributed by atoms with Gasteiger partial charge in [0.2, 0.25) is 0 Å². The van der Waals surface area contributed by atoms with Gasteiger partial charge in [0, 0.05) is 6.54 Å². The predicted molar refractivity (Wildman–Crippen MR) is 90.7 cm³/mol. The first-order valence-electron chi connectivity index (χ1n) is 8.64. The van der Waals surface area contributed by atoms with Crippen molar-refractivity contribution in [3.8, 4) is 5.75 Å². The van der Waals surface area contributed by atoms with Crippen LogP contribution < -0.4 is 10.1 Å². The van der Waals surface area contributed by atoms with Crippen molar-refractivity contribution in [2.45, 2.75) is 25.4 Å². The smallest absolute Gasteiger partial charge is 0.317 e. The number of amides is 2. The van der Waals surface area contributed by atoms with Crippen molar-refractivity contribution in [3.05, 3.63) is 30.3 Å². The van der Waals surface area contributed by atoms with Crippen LogP contribution in [-0.2, 0) is 0 Å². The van der Waals surface area contributed by atoms with Gasteiger partial charge in [0.25, 0.3) is 0 Å². The fourth-order valence-corrected chi connectivity index (χ4v) is 3.22. The number of para-hydroxylation sites is 1. The number of nitrogens with one attached hydrogen (secondary N) is 1. The molecule has 23 heavy (non-hydrogen) atoms. The highest BCUT2D eigenvalue weighted by Gasteiger charge is 2.32. The number of carbonyl (C=O) groups excluding carboxylic acids is 1. The molecule has 0 saturated carbocycles. The molecule has 126 valence electrons. The number of piperidine rings is 1. The number of urea groups is 1. The van der Waals surface area contributed by atoms with Gasteiger partial charge in [-0.1, -0.05) is 18.2 Å². The van der Waals surface area contributed by atoms with E-state index in [9.17, 15) is 4.79 Å². The van der Waals surface area contributed by atoms with Crippen LogP contribution in [0.15, 0.2) is 30.3 Å². The molecule has 2 fully saturated rings. The predicted octanol–water partition coefficient (Wildman–Crippen LogP) is 2.19. The van der Waals surface area contributed by atoms with Crippen LogP contribution in [0.5, 0.6) is 5.75 Å². The molecule has 0 aromatic heterocycles. The molecule has 1 N–H and O–H groups in total. The molecule has 0 spiro atoms. The number of likely N-dealkylation sites (tertiary alicyclic amines) is 2. The van der Waals surface area contributed by atoms with E-state index in [0.717, 1.165) is 24.6 Å². The zero-order valence-electron chi connectivity index (χ0n) is 13.9. The SMILES string of the molecule is CN1CCC(CCNC(=O)N2CC(Oc3ccccc3)C2)CC1. The average Bonchev–Trinajstić information content (AvgIpc) is 2.53. The van der Waals surface area contributed by atoms with Crippen molar-refractivity contribution in [1.29, 1.82) is 0 Å². The topological polar surface area (TPSA) is 44.8 Å². The number of hydrogen-bond acceptors (Lipinski definition) is 3. The monoisotopic (exact) mass is 317 g/mol. The zero-order chi connectivity index (χ0) is 16.1. The quantitative estimate of drug-likeness (QED) is 0.905. The number of nitrogens with zero attached hydrogens (tertiary/aromatic N) is 2. The molecule has 0 atom stereocenters. The van der Waals surface area contributed by atoms with Crippen molar-refractivity contribution in [2.24, 2.45) is 5.92 Å². The van der Waals surface area contributed by atoms with E-state index in [0.29, 0.717) is 13.1 Å². The minimum atomic E-state index is 0.0471. The lowest BCUT2D eigenvalue weighted by atomic mass is 9.94. The van der Waals surface area contributed by atoms with Crippen LogP contribution in [-0.4, -0.2) is 61.7 Å². The lowest BCUT2D eigenvalue weighted by molar-refractivity contribution is 0.0443. The second kappa shape index (κ2) is 7.68. The third-order valence-corrected chi connectivity index (χ3v) is 4.85. The van der Waals surface area contributed by atoms with Gasteiger partial charge in [-0.05, 0) is 57.5 Å². The van der Waals surface area contributed by atoms with E-state index in [1.807, 2.05) is 35.2 Å². The minimum absolute atomic E-state index is 0.0471. The first-order chi connectivity index (χ1) is 11.2. The fraction of sp³-hybridized carbons (Fsp3) is 0.611. The maximum atomic E-state index is 12.1. The molecule has 0 bridgehead atoms. The molecule has 1 aromatic rings. The Kier molecular flexibility index (Phi) is 5.39. The second-order valence-corrected chi connectivity index (χ2v) is 6.73. The third-order valence-electron chi connectivity index (χ3n) is 4.85. The molecule has 3 rings (SSSR count). The average molecular weight is 317 g/mol. The number of ether oxygens (including phenoxy) is 1. The van der Waals surface area contributed by atoms with Gasteiger partial charge in [0.1, 0.15) is 11.9 Å². The summed E-state index contributed by atoms with van der Waals surface area (Å²) in [5, 5.41) is 3.05. The van der Waals surface area contributed by atoms with E-state index in [4.69, 9.17) is 4.74 Å². The summed E-state index contributed by atoms with van der Waals surface area (Å²) in [5.41, 5.74) is 0. The molecule has 2 heterocycles. The van der Waals surface area contributed by atoms with Crippen LogP contribution in [0.25, 0.3) is 0 Å². The molecule has 1 aromatic carbocycles. The standard InChI is InChI=1S/C18H27N3O2/c1-20-11-8-15(9-12-20)7-10-19-18(22)21-13-17(14-21)23-16-5-3-2-4-6-16/h2-6,15,17H,7-14H2,1H3,(H,19,22). The largest absolute Gasteiger partial charge is 0.487 e. The summed E-state index contributed by atoms with van der Waals surface area (Å²) in [6, 6.07) is 9.83. The Morgan fingerprint density at radius 1 is 1.22 bits per heavy atom. The fourth-order valence-electron chi connectivity index (χ4n) is 3.22. The highest BCUT2D eigenvalue weighted by atomic mass is 16.5. The van der Waals surface area contributed by atoms with Crippen LogP contribution in [0, 0.1) is 5.92 Å². The van der Waals surface area contributed by atoms with Crippen molar-refractivity contribution in [2.75, 3.05) is 39.8 Å². The van der Waals surface area contributed by atoms with Crippen LogP contribution in [0.2, 0.25) is 0 Å². The van der Waals surface area contributed by atoms with Gasteiger partial charge < -0.3 is 19.9 Å². The Labute approximate surface area is 138 Å².